The fourth-order valence-electron chi connectivity index (χ4n) is 1.88. The van der Waals surface area contributed by atoms with Crippen LogP contribution in [0.25, 0.3) is 0 Å². The van der Waals surface area contributed by atoms with Crippen LogP contribution in [0.4, 0.5) is 4.79 Å². The Balaban J connectivity index is 2.97. The number of carbonyl (C=O) groups excluding carboxylic acids is 1. The maximum absolute atomic E-state index is 12.6. The Kier molecular flexibility index (Phi) is 5.39. The van der Waals surface area contributed by atoms with Crippen molar-refractivity contribution in [2.75, 3.05) is 26.2 Å². The summed E-state index contributed by atoms with van der Waals surface area (Å²) in [6.07, 6.45) is -0.828. The highest BCUT2D eigenvalue weighted by Gasteiger charge is 2.38. The average molecular weight is 307 g/mol. The van der Waals surface area contributed by atoms with Crippen molar-refractivity contribution in [3.8, 4) is 0 Å². The molecule has 1 aliphatic heterocycles. The van der Waals surface area contributed by atoms with Gasteiger partial charge >= 0.3 is 16.3 Å². The van der Waals surface area contributed by atoms with Gasteiger partial charge in [0.2, 0.25) is 0 Å². The van der Waals surface area contributed by atoms with Gasteiger partial charge in [0.05, 0.1) is 0 Å². The predicted octanol–water partition coefficient (Wildman–Crippen LogP) is 0.782. The number of hydrogen-bond acceptors (Lipinski definition) is 5. The molecule has 20 heavy (non-hydrogen) atoms. The first-order chi connectivity index (χ1) is 9.05. The predicted molar refractivity (Wildman–Crippen MR) is 76.6 cm³/mol. The minimum atomic E-state index is -3.84. The van der Waals surface area contributed by atoms with E-state index in [1.807, 2.05) is 0 Å². The third kappa shape index (κ3) is 4.32. The number of nitrogens with zero attached hydrogens (tertiary/aromatic N) is 2. The Morgan fingerprint density at radius 3 is 2.15 bits per heavy atom. The normalized spacial score (nSPS) is 18.1. The summed E-state index contributed by atoms with van der Waals surface area (Å²) in [5, 5.41) is 3.08. The smallest absolute Gasteiger partial charge is 0.425 e. The molecule has 0 aromatic heterocycles. The molecule has 1 rings (SSSR count). The number of carbonyl (C=O) groups is 1. The zero-order valence-corrected chi connectivity index (χ0v) is 13.7. The van der Waals surface area contributed by atoms with Crippen LogP contribution in [0.2, 0.25) is 0 Å². The molecule has 0 radical (unpaired) electrons. The van der Waals surface area contributed by atoms with Gasteiger partial charge in [0.15, 0.2) is 0 Å². The molecule has 0 aromatic rings. The molecule has 1 aliphatic rings. The summed E-state index contributed by atoms with van der Waals surface area (Å²) in [5.74, 6) is 0. The SMILES string of the molecule is CC(C)N(C(=O)OC(C)(C)C)S(=O)(=O)N1CCNCC1. The van der Waals surface area contributed by atoms with Gasteiger partial charge in [-0.1, -0.05) is 0 Å². The number of amides is 1. The molecule has 0 spiro atoms. The second kappa shape index (κ2) is 6.28. The molecule has 118 valence electrons. The van der Waals surface area contributed by atoms with Crippen LogP contribution in [0.1, 0.15) is 34.6 Å². The summed E-state index contributed by atoms with van der Waals surface area (Å²) in [6, 6.07) is -0.496. The largest absolute Gasteiger partial charge is 0.443 e. The summed E-state index contributed by atoms with van der Waals surface area (Å²) in [6.45, 7) is 10.3. The highest BCUT2D eigenvalue weighted by Crippen LogP contribution is 2.18. The van der Waals surface area contributed by atoms with Crippen LogP contribution in [0, 0.1) is 0 Å². The van der Waals surface area contributed by atoms with Crippen LogP contribution in [-0.2, 0) is 14.9 Å². The fourth-order valence-corrected chi connectivity index (χ4v) is 3.53. The summed E-state index contributed by atoms with van der Waals surface area (Å²) in [5.41, 5.74) is -0.733. The second-order valence-electron chi connectivity index (χ2n) is 6.03. The van der Waals surface area contributed by atoms with Gasteiger partial charge in [0.1, 0.15) is 5.60 Å². The molecule has 1 heterocycles. The van der Waals surface area contributed by atoms with Gasteiger partial charge in [0, 0.05) is 32.2 Å². The van der Waals surface area contributed by atoms with Crippen molar-refractivity contribution in [2.45, 2.75) is 46.3 Å². The van der Waals surface area contributed by atoms with E-state index in [2.05, 4.69) is 5.32 Å². The van der Waals surface area contributed by atoms with Gasteiger partial charge in [0.25, 0.3) is 0 Å². The van der Waals surface area contributed by atoms with Crippen LogP contribution in [-0.4, -0.2) is 60.9 Å². The van der Waals surface area contributed by atoms with E-state index in [0.717, 1.165) is 4.31 Å². The fraction of sp³-hybridized carbons (Fsp3) is 0.917. The van der Waals surface area contributed by atoms with Gasteiger partial charge < -0.3 is 10.1 Å². The molecule has 0 saturated carbocycles. The zero-order chi connectivity index (χ0) is 15.6. The van der Waals surface area contributed by atoms with Crippen LogP contribution in [0.5, 0.6) is 0 Å². The van der Waals surface area contributed by atoms with Crippen molar-refractivity contribution >= 4 is 16.3 Å². The van der Waals surface area contributed by atoms with Gasteiger partial charge in [-0.05, 0) is 34.6 Å². The minimum Gasteiger partial charge on any atom is -0.443 e. The standard InChI is InChI=1S/C12H25N3O4S/c1-10(2)15(11(16)19-12(3,4)5)20(17,18)14-8-6-13-7-9-14/h10,13H,6-9H2,1-5H3. The van der Waals surface area contributed by atoms with E-state index in [1.54, 1.807) is 34.6 Å². The number of nitrogens with one attached hydrogen (secondary N) is 1. The number of piperazine rings is 1. The Hall–Kier alpha value is -0.860. The number of ether oxygens (including phenoxy) is 1. The molecule has 7 nitrogen and oxygen atoms in total. The highest BCUT2D eigenvalue weighted by molar-refractivity contribution is 7.87. The highest BCUT2D eigenvalue weighted by atomic mass is 32.2. The van der Waals surface area contributed by atoms with Crippen molar-refractivity contribution in [3.63, 3.8) is 0 Å². The first kappa shape index (κ1) is 17.2. The number of hydrogen-bond donors (Lipinski definition) is 1. The molecule has 0 aromatic carbocycles. The van der Waals surface area contributed by atoms with E-state index >= 15 is 0 Å². The topological polar surface area (TPSA) is 79.0 Å². The summed E-state index contributed by atoms with van der Waals surface area (Å²) < 4.78 is 32.5. The van der Waals surface area contributed by atoms with Crippen molar-refractivity contribution in [3.05, 3.63) is 0 Å². The van der Waals surface area contributed by atoms with Gasteiger partial charge in [-0.25, -0.2) is 4.79 Å². The molecule has 1 amide bonds. The lowest BCUT2D eigenvalue weighted by Crippen LogP contribution is -2.55. The van der Waals surface area contributed by atoms with E-state index in [-0.39, 0.29) is 0 Å². The van der Waals surface area contributed by atoms with Gasteiger partial charge in [-0.15, -0.1) is 0 Å². The van der Waals surface area contributed by atoms with Crippen LogP contribution in [0.15, 0.2) is 0 Å². The second-order valence-corrected chi connectivity index (χ2v) is 7.83. The Bertz CT molecular complexity index is 436. The first-order valence-electron chi connectivity index (χ1n) is 6.79. The molecule has 1 saturated heterocycles. The molecule has 0 bridgehead atoms. The van der Waals surface area contributed by atoms with E-state index in [1.165, 1.54) is 4.31 Å². The van der Waals surface area contributed by atoms with E-state index in [9.17, 15) is 13.2 Å². The number of rotatable bonds is 3. The third-order valence-electron chi connectivity index (χ3n) is 2.69. The molecule has 1 N–H and O–H groups in total. The van der Waals surface area contributed by atoms with Crippen molar-refractivity contribution < 1.29 is 17.9 Å². The molecular weight excluding hydrogens is 282 g/mol. The van der Waals surface area contributed by atoms with Crippen molar-refractivity contribution in [2.24, 2.45) is 0 Å². The minimum absolute atomic E-state index is 0.356. The van der Waals surface area contributed by atoms with E-state index < -0.39 is 27.9 Å². The maximum atomic E-state index is 12.6. The molecule has 1 fully saturated rings. The maximum Gasteiger partial charge on any atom is 0.425 e. The average Bonchev–Trinajstić information content (AvgIpc) is 2.26. The van der Waals surface area contributed by atoms with Crippen LogP contribution < -0.4 is 5.32 Å². The first-order valence-corrected chi connectivity index (χ1v) is 8.18. The van der Waals surface area contributed by atoms with Crippen LogP contribution in [0.3, 0.4) is 0 Å². The monoisotopic (exact) mass is 307 g/mol. The molecule has 0 atom stereocenters. The Morgan fingerprint density at radius 2 is 1.75 bits per heavy atom. The summed E-state index contributed by atoms with van der Waals surface area (Å²) >= 11 is 0. The molecule has 0 unspecified atom stereocenters. The van der Waals surface area contributed by atoms with E-state index in [4.69, 9.17) is 4.74 Å². The lowest BCUT2D eigenvalue weighted by Gasteiger charge is -2.35. The van der Waals surface area contributed by atoms with Crippen LogP contribution >= 0.6 is 0 Å². The molecule has 0 aliphatic carbocycles. The molecule has 8 heteroatoms. The lowest BCUT2D eigenvalue weighted by atomic mass is 10.2. The molecular formula is C12H25N3O4S. The third-order valence-corrected chi connectivity index (χ3v) is 4.78. The van der Waals surface area contributed by atoms with Gasteiger partial charge in [-0.2, -0.15) is 17.0 Å². The van der Waals surface area contributed by atoms with Crippen molar-refractivity contribution in [1.29, 1.82) is 0 Å². The Morgan fingerprint density at radius 1 is 1.25 bits per heavy atom. The quantitative estimate of drug-likeness (QED) is 0.833. The zero-order valence-electron chi connectivity index (χ0n) is 12.8. The lowest BCUT2D eigenvalue weighted by molar-refractivity contribution is 0.0345. The summed E-state index contributed by atoms with van der Waals surface area (Å²) in [7, 11) is -3.84. The summed E-state index contributed by atoms with van der Waals surface area (Å²) in [4.78, 5) is 12.2. The van der Waals surface area contributed by atoms with Crippen molar-refractivity contribution in [1.82, 2.24) is 13.9 Å². The van der Waals surface area contributed by atoms with Gasteiger partial charge in [-0.3, -0.25) is 0 Å². The van der Waals surface area contributed by atoms with E-state index in [0.29, 0.717) is 26.2 Å². The Labute approximate surface area is 121 Å².